The standard InChI is InChI=1S/C78H152O17P2/c1-9-71(8)57-49-41-36-37-43-51-59-76(81)89-65-74(95-77(82)60-52-44-34-28-21-17-15-13-11-10-12-14-16-19-24-30-38-46-54-68(2)3)67-93-97(86,87)91-63-72(79)62-90-96(84,85)92-66-73(94-78(83)61-53-45-35-29-23-26-32-40-48-56-70(6)7)64-88-75(80)58-50-42-33-27-22-18-20-25-31-39-47-55-69(4)5/h68-74,79H,9-67H2,1-8H3,(H,84,85)(H,86,87)/t71?,72-,73-,74-/m1/s1. The van der Waals surface area contributed by atoms with E-state index in [1.807, 2.05) is 0 Å². The van der Waals surface area contributed by atoms with Crippen LogP contribution in [0.3, 0.4) is 0 Å². The Labute approximate surface area is 594 Å². The third-order valence-electron chi connectivity index (χ3n) is 18.4. The maximum atomic E-state index is 13.1. The fourth-order valence-electron chi connectivity index (χ4n) is 11.9. The number of rotatable bonds is 75. The monoisotopic (exact) mass is 1420 g/mol. The minimum absolute atomic E-state index is 0.105. The SMILES string of the molecule is CCC(C)CCCCCCCCC(=O)OC[C@H](COP(=O)(O)OC[C@H](O)COP(=O)(O)OC[C@@H](COC(=O)CCCCCCCCCCCCCC(C)C)OC(=O)CCCCCCCCCCCC(C)C)OC(=O)CCCCCCCCCCCCCCCCCCCCC(C)C. The average Bonchev–Trinajstić information content (AvgIpc) is 2.59. The molecule has 19 heteroatoms. The number of aliphatic hydroxyl groups excluding tert-OH is 1. The zero-order valence-electron chi connectivity index (χ0n) is 63.7. The molecule has 0 saturated heterocycles. The number of ether oxygens (including phenoxy) is 4. The summed E-state index contributed by atoms with van der Waals surface area (Å²) in [7, 11) is -9.92. The van der Waals surface area contributed by atoms with Crippen LogP contribution in [0.4, 0.5) is 0 Å². The van der Waals surface area contributed by atoms with Crippen LogP contribution in [-0.4, -0.2) is 96.7 Å². The summed E-state index contributed by atoms with van der Waals surface area (Å²) in [5.74, 6) is 0.938. The number of aliphatic hydroxyl groups is 1. The maximum Gasteiger partial charge on any atom is 0.472 e. The van der Waals surface area contributed by atoms with Gasteiger partial charge in [0, 0.05) is 25.7 Å². The molecule has 0 amide bonds. The van der Waals surface area contributed by atoms with Gasteiger partial charge >= 0.3 is 39.5 Å². The lowest BCUT2D eigenvalue weighted by molar-refractivity contribution is -0.161. The van der Waals surface area contributed by atoms with Gasteiger partial charge in [-0.25, -0.2) is 9.13 Å². The molecular weight excluding hydrogens is 1270 g/mol. The van der Waals surface area contributed by atoms with Crippen molar-refractivity contribution in [2.45, 2.75) is 414 Å². The molecule has 0 radical (unpaired) electrons. The van der Waals surface area contributed by atoms with Crippen LogP contribution in [0.1, 0.15) is 396 Å². The number of phosphoric acid groups is 2. The molecule has 0 bridgehead atoms. The molecule has 6 atom stereocenters. The normalized spacial score (nSPS) is 14.4. The van der Waals surface area contributed by atoms with Crippen LogP contribution in [0.15, 0.2) is 0 Å². The summed E-state index contributed by atoms with van der Waals surface area (Å²) in [5, 5.41) is 10.6. The van der Waals surface area contributed by atoms with Crippen molar-refractivity contribution >= 4 is 39.5 Å². The summed E-state index contributed by atoms with van der Waals surface area (Å²) in [5.41, 5.74) is 0. The highest BCUT2D eigenvalue weighted by Gasteiger charge is 2.30. The van der Waals surface area contributed by atoms with Crippen molar-refractivity contribution in [2.24, 2.45) is 23.7 Å². The molecule has 0 heterocycles. The van der Waals surface area contributed by atoms with Gasteiger partial charge in [-0.05, 0) is 49.4 Å². The van der Waals surface area contributed by atoms with Crippen LogP contribution in [0.2, 0.25) is 0 Å². The molecule has 0 aromatic carbocycles. The highest BCUT2D eigenvalue weighted by Crippen LogP contribution is 2.45. The second-order valence-corrected chi connectivity index (χ2v) is 32.7. The van der Waals surface area contributed by atoms with E-state index in [4.69, 9.17) is 37.0 Å². The van der Waals surface area contributed by atoms with Gasteiger partial charge in [0.25, 0.3) is 0 Å². The topological polar surface area (TPSA) is 237 Å². The van der Waals surface area contributed by atoms with Crippen LogP contribution in [0.5, 0.6) is 0 Å². The van der Waals surface area contributed by atoms with Crippen molar-refractivity contribution < 1.29 is 80.2 Å². The summed E-state index contributed by atoms with van der Waals surface area (Å²) in [6, 6.07) is 0. The van der Waals surface area contributed by atoms with Gasteiger partial charge < -0.3 is 33.8 Å². The summed E-state index contributed by atoms with van der Waals surface area (Å²) in [6.07, 6.45) is 52.9. The first-order chi connectivity index (χ1) is 46.6. The number of esters is 4. The van der Waals surface area contributed by atoms with Gasteiger partial charge in [-0.15, -0.1) is 0 Å². The van der Waals surface area contributed by atoms with Crippen molar-refractivity contribution in [3.63, 3.8) is 0 Å². The van der Waals surface area contributed by atoms with Gasteiger partial charge in [-0.1, -0.05) is 344 Å². The van der Waals surface area contributed by atoms with Crippen molar-refractivity contribution in [1.82, 2.24) is 0 Å². The van der Waals surface area contributed by atoms with Gasteiger partial charge in [0.2, 0.25) is 0 Å². The molecule has 0 aliphatic carbocycles. The first kappa shape index (κ1) is 95.1. The summed E-state index contributed by atoms with van der Waals surface area (Å²) >= 11 is 0. The molecule has 0 spiro atoms. The third kappa shape index (κ3) is 70.9. The Kier molecular flexibility index (Phi) is 65.9. The predicted molar refractivity (Wildman–Crippen MR) is 395 cm³/mol. The van der Waals surface area contributed by atoms with E-state index >= 15 is 0 Å². The van der Waals surface area contributed by atoms with E-state index in [0.29, 0.717) is 25.7 Å². The van der Waals surface area contributed by atoms with Gasteiger partial charge in [0.1, 0.15) is 19.3 Å². The quantitative estimate of drug-likeness (QED) is 0.0222. The lowest BCUT2D eigenvalue weighted by Crippen LogP contribution is -2.30. The Bertz CT molecular complexity index is 1900. The molecule has 0 saturated carbocycles. The molecule has 0 aromatic heterocycles. The maximum absolute atomic E-state index is 13.1. The smallest absolute Gasteiger partial charge is 0.462 e. The van der Waals surface area contributed by atoms with E-state index in [1.165, 1.54) is 193 Å². The lowest BCUT2D eigenvalue weighted by atomic mass is 10.00. The number of carbonyl (C=O) groups excluding carboxylic acids is 4. The van der Waals surface area contributed by atoms with E-state index in [9.17, 15) is 43.2 Å². The molecule has 576 valence electrons. The van der Waals surface area contributed by atoms with E-state index in [-0.39, 0.29) is 25.7 Å². The molecule has 17 nitrogen and oxygen atoms in total. The van der Waals surface area contributed by atoms with Crippen LogP contribution in [0, 0.1) is 23.7 Å². The first-order valence-corrected chi connectivity index (χ1v) is 43.2. The molecule has 0 aliphatic rings. The zero-order valence-corrected chi connectivity index (χ0v) is 65.5. The number of hydrogen-bond donors (Lipinski definition) is 3. The summed E-state index contributed by atoms with van der Waals surface area (Å²) in [6.45, 7) is 14.2. The highest BCUT2D eigenvalue weighted by molar-refractivity contribution is 7.47. The number of carbonyl (C=O) groups is 4. The van der Waals surface area contributed by atoms with Gasteiger partial charge in [-0.3, -0.25) is 37.3 Å². The Morgan fingerprint density at radius 1 is 0.289 bits per heavy atom. The van der Waals surface area contributed by atoms with Crippen LogP contribution < -0.4 is 0 Å². The Morgan fingerprint density at radius 3 is 0.732 bits per heavy atom. The summed E-state index contributed by atoms with van der Waals surface area (Å²) < 4.78 is 68.6. The van der Waals surface area contributed by atoms with Gasteiger partial charge in [0.05, 0.1) is 26.4 Å². The minimum atomic E-state index is -4.96. The second-order valence-electron chi connectivity index (χ2n) is 29.8. The molecule has 0 fully saturated rings. The first-order valence-electron chi connectivity index (χ1n) is 40.2. The Balaban J connectivity index is 5.19. The molecule has 0 aliphatic heterocycles. The molecule has 3 N–H and O–H groups in total. The van der Waals surface area contributed by atoms with Gasteiger partial charge in [0.15, 0.2) is 12.2 Å². The van der Waals surface area contributed by atoms with Crippen molar-refractivity contribution in [2.75, 3.05) is 39.6 Å². The van der Waals surface area contributed by atoms with Crippen LogP contribution >= 0.6 is 15.6 Å². The molecule has 0 rings (SSSR count). The molecule has 0 aromatic rings. The second kappa shape index (κ2) is 67.2. The third-order valence-corrected chi connectivity index (χ3v) is 20.3. The molecule has 97 heavy (non-hydrogen) atoms. The van der Waals surface area contributed by atoms with Crippen molar-refractivity contribution in [3.8, 4) is 0 Å². The average molecular weight is 1420 g/mol. The van der Waals surface area contributed by atoms with Gasteiger partial charge in [-0.2, -0.15) is 0 Å². The van der Waals surface area contributed by atoms with Crippen molar-refractivity contribution in [3.05, 3.63) is 0 Å². The lowest BCUT2D eigenvalue weighted by Gasteiger charge is -2.21. The Morgan fingerprint density at radius 2 is 0.495 bits per heavy atom. The highest BCUT2D eigenvalue weighted by atomic mass is 31.2. The fourth-order valence-corrected chi connectivity index (χ4v) is 13.5. The number of hydrogen-bond acceptors (Lipinski definition) is 15. The largest absolute Gasteiger partial charge is 0.472 e. The van der Waals surface area contributed by atoms with Crippen LogP contribution in [0.25, 0.3) is 0 Å². The van der Waals surface area contributed by atoms with E-state index < -0.39 is 97.5 Å². The number of phosphoric ester groups is 2. The zero-order chi connectivity index (χ0) is 71.7. The molecule has 3 unspecified atom stereocenters. The minimum Gasteiger partial charge on any atom is -0.462 e. The van der Waals surface area contributed by atoms with E-state index in [0.717, 1.165) is 120 Å². The summed E-state index contributed by atoms with van der Waals surface area (Å²) in [4.78, 5) is 72.9. The predicted octanol–water partition coefficient (Wildman–Crippen LogP) is 22.8. The fraction of sp³-hybridized carbons (Fsp3) is 0.949. The van der Waals surface area contributed by atoms with Crippen LogP contribution in [-0.2, 0) is 65.4 Å². The van der Waals surface area contributed by atoms with Crippen molar-refractivity contribution in [1.29, 1.82) is 0 Å². The molecular formula is C78H152O17P2. The van der Waals surface area contributed by atoms with E-state index in [2.05, 4.69) is 55.4 Å². The Hall–Kier alpha value is -1.94. The van der Waals surface area contributed by atoms with E-state index in [1.54, 1.807) is 0 Å². The number of unbranched alkanes of at least 4 members (excludes halogenated alkanes) is 40.